The first-order valence-electron chi connectivity index (χ1n) is 8.26. The number of rotatable bonds is 6. The van der Waals surface area contributed by atoms with Gasteiger partial charge in [0.25, 0.3) is 0 Å². The molecule has 0 bridgehead atoms. The van der Waals surface area contributed by atoms with Crippen molar-refractivity contribution in [2.24, 2.45) is 11.3 Å². The van der Waals surface area contributed by atoms with E-state index in [0.717, 1.165) is 30.8 Å². The van der Waals surface area contributed by atoms with E-state index in [4.69, 9.17) is 13.5 Å². The molecule has 1 aliphatic rings. The minimum Gasteiger partial charge on any atom is -0.465 e. The second-order valence-corrected chi connectivity index (χ2v) is 9.13. The lowest BCUT2D eigenvalue weighted by Gasteiger charge is -2.33. The Morgan fingerprint density at radius 2 is 1.91 bits per heavy atom. The average Bonchev–Trinajstić information content (AvgIpc) is 2.78. The Kier molecular flexibility index (Phi) is 5.58. The second kappa shape index (κ2) is 6.90. The molecule has 0 fully saturated rings. The lowest BCUT2D eigenvalue weighted by Crippen LogP contribution is -2.26. The molecular weight excluding hydrogens is 299 g/mol. The summed E-state index contributed by atoms with van der Waals surface area (Å²) in [5.41, 5.74) is 1.57. The average molecular weight is 328 g/mol. The topological polar surface area (TPSA) is 48.7 Å². The van der Waals surface area contributed by atoms with Crippen molar-refractivity contribution in [1.82, 2.24) is 0 Å². The van der Waals surface area contributed by atoms with E-state index in [9.17, 15) is 4.57 Å². The van der Waals surface area contributed by atoms with Gasteiger partial charge in [-0.25, -0.2) is 0 Å². The fourth-order valence-electron chi connectivity index (χ4n) is 3.12. The molecular formula is C17H29O4P. The molecule has 0 saturated heterocycles. The molecule has 1 aromatic heterocycles. The molecule has 22 heavy (non-hydrogen) atoms. The van der Waals surface area contributed by atoms with Crippen LogP contribution in [0.2, 0.25) is 0 Å². The quantitative estimate of drug-likeness (QED) is 0.674. The maximum absolute atomic E-state index is 12.6. The zero-order valence-corrected chi connectivity index (χ0v) is 15.4. The lowest BCUT2D eigenvalue weighted by atomic mass is 9.72. The summed E-state index contributed by atoms with van der Waals surface area (Å²) in [5.74, 6) is 2.44. The second-order valence-electron chi connectivity index (χ2n) is 7.07. The predicted molar refractivity (Wildman–Crippen MR) is 88.2 cm³/mol. The first-order valence-corrected chi connectivity index (χ1v) is 9.98. The van der Waals surface area contributed by atoms with Crippen molar-refractivity contribution in [2.75, 3.05) is 13.2 Å². The van der Waals surface area contributed by atoms with E-state index in [1.807, 2.05) is 13.8 Å². The van der Waals surface area contributed by atoms with E-state index >= 15 is 0 Å². The molecule has 0 aliphatic heterocycles. The molecule has 0 spiro atoms. The van der Waals surface area contributed by atoms with Crippen molar-refractivity contribution in [1.29, 1.82) is 0 Å². The van der Waals surface area contributed by atoms with E-state index in [-0.39, 0.29) is 6.16 Å². The van der Waals surface area contributed by atoms with E-state index in [1.165, 1.54) is 5.56 Å². The van der Waals surface area contributed by atoms with Gasteiger partial charge in [0.15, 0.2) is 0 Å². The largest absolute Gasteiger partial charge is 0.465 e. The number of furan rings is 1. The summed E-state index contributed by atoms with van der Waals surface area (Å²) in [6, 6.07) is 2.05. The Labute approximate surface area is 134 Å². The molecule has 2 rings (SSSR count). The first kappa shape index (κ1) is 17.8. The molecule has 0 amide bonds. The van der Waals surface area contributed by atoms with Crippen molar-refractivity contribution in [3.8, 4) is 0 Å². The fourth-order valence-corrected chi connectivity index (χ4v) is 4.70. The summed E-state index contributed by atoms with van der Waals surface area (Å²) in [7, 11) is -3.09. The van der Waals surface area contributed by atoms with Crippen molar-refractivity contribution in [3.05, 3.63) is 23.2 Å². The van der Waals surface area contributed by atoms with Gasteiger partial charge in [-0.1, -0.05) is 20.8 Å². The van der Waals surface area contributed by atoms with Gasteiger partial charge in [-0.05, 0) is 49.7 Å². The maximum atomic E-state index is 12.6. The van der Waals surface area contributed by atoms with Gasteiger partial charge in [-0.15, -0.1) is 0 Å². The molecule has 0 aromatic carbocycles. The number of fused-ring (bicyclic) bond motifs is 1. The molecule has 1 atom stereocenters. The lowest BCUT2D eigenvalue weighted by molar-refractivity contribution is 0.208. The Bertz CT molecular complexity index is 531. The van der Waals surface area contributed by atoms with Gasteiger partial charge >= 0.3 is 7.60 Å². The fraction of sp³-hybridized carbons (Fsp3) is 0.765. The zero-order valence-electron chi connectivity index (χ0n) is 14.5. The molecule has 4 nitrogen and oxygen atoms in total. The van der Waals surface area contributed by atoms with Crippen LogP contribution < -0.4 is 0 Å². The zero-order chi connectivity index (χ0) is 16.4. The van der Waals surface area contributed by atoms with Gasteiger partial charge < -0.3 is 13.5 Å². The van der Waals surface area contributed by atoms with Gasteiger partial charge in [-0.2, -0.15) is 0 Å². The summed E-state index contributed by atoms with van der Waals surface area (Å²) < 4.78 is 29.2. The highest BCUT2D eigenvalue weighted by Gasteiger charge is 2.32. The van der Waals surface area contributed by atoms with Crippen LogP contribution in [0.15, 0.2) is 10.5 Å². The summed E-state index contributed by atoms with van der Waals surface area (Å²) in [5, 5.41) is 0. The van der Waals surface area contributed by atoms with Crippen LogP contribution in [0.5, 0.6) is 0 Å². The van der Waals surface area contributed by atoms with E-state index in [2.05, 4.69) is 26.8 Å². The molecule has 0 saturated carbocycles. The van der Waals surface area contributed by atoms with E-state index in [0.29, 0.717) is 24.5 Å². The molecule has 1 aliphatic carbocycles. The summed E-state index contributed by atoms with van der Waals surface area (Å²) >= 11 is 0. The Balaban J connectivity index is 2.13. The minimum absolute atomic E-state index is 0.224. The molecule has 1 aromatic rings. The molecule has 126 valence electrons. The highest BCUT2D eigenvalue weighted by Crippen LogP contribution is 2.52. The summed E-state index contributed by atoms with van der Waals surface area (Å²) in [6.45, 7) is 11.3. The molecule has 5 heteroatoms. The monoisotopic (exact) mass is 328 g/mol. The Hall–Kier alpha value is -0.570. The Morgan fingerprint density at radius 1 is 1.27 bits per heavy atom. The highest BCUT2D eigenvalue weighted by molar-refractivity contribution is 7.53. The predicted octanol–water partition coefficient (Wildman–Crippen LogP) is 5.20. The number of hydrogen-bond donors (Lipinski definition) is 0. The molecule has 0 N–H and O–H groups in total. The highest BCUT2D eigenvalue weighted by atomic mass is 31.2. The van der Waals surface area contributed by atoms with E-state index < -0.39 is 7.60 Å². The third kappa shape index (κ3) is 4.24. The SMILES string of the molecule is CCOP(=O)(Cc1cc2c(o1)CCC(C(C)(C)C)C2)OCC. The van der Waals surface area contributed by atoms with Gasteiger partial charge in [-0.3, -0.25) is 4.57 Å². The van der Waals surface area contributed by atoms with E-state index in [1.54, 1.807) is 0 Å². The van der Waals surface area contributed by atoms with Crippen LogP contribution in [0.25, 0.3) is 0 Å². The number of hydrogen-bond acceptors (Lipinski definition) is 4. The maximum Gasteiger partial charge on any atom is 0.338 e. The molecule has 1 heterocycles. The van der Waals surface area contributed by atoms with Crippen LogP contribution in [-0.2, 0) is 32.6 Å². The van der Waals surface area contributed by atoms with Gasteiger partial charge in [0, 0.05) is 6.42 Å². The molecule has 0 radical (unpaired) electrons. The third-order valence-electron chi connectivity index (χ3n) is 4.36. The number of aryl methyl sites for hydroxylation is 1. The van der Waals surface area contributed by atoms with Gasteiger partial charge in [0.1, 0.15) is 17.7 Å². The van der Waals surface area contributed by atoms with Crippen LogP contribution in [0, 0.1) is 11.3 Å². The summed E-state index contributed by atoms with van der Waals surface area (Å²) in [6.07, 6.45) is 3.38. The Morgan fingerprint density at radius 3 is 2.45 bits per heavy atom. The molecule has 1 unspecified atom stereocenters. The summed E-state index contributed by atoms with van der Waals surface area (Å²) in [4.78, 5) is 0. The van der Waals surface area contributed by atoms with Crippen molar-refractivity contribution < 1.29 is 18.0 Å². The smallest absolute Gasteiger partial charge is 0.338 e. The van der Waals surface area contributed by atoms with Gasteiger partial charge in [0.05, 0.1) is 13.2 Å². The van der Waals surface area contributed by atoms with Crippen LogP contribution in [0.3, 0.4) is 0 Å². The van der Waals surface area contributed by atoms with Crippen molar-refractivity contribution in [3.63, 3.8) is 0 Å². The van der Waals surface area contributed by atoms with Crippen LogP contribution in [0.4, 0.5) is 0 Å². The minimum atomic E-state index is -3.09. The van der Waals surface area contributed by atoms with Crippen molar-refractivity contribution in [2.45, 2.75) is 60.0 Å². The van der Waals surface area contributed by atoms with Crippen molar-refractivity contribution >= 4 is 7.60 Å². The van der Waals surface area contributed by atoms with Gasteiger partial charge in [0.2, 0.25) is 0 Å². The standard InChI is InChI=1S/C17H29O4P/c1-6-19-22(18,20-7-2)12-15-11-13-10-14(17(3,4)5)8-9-16(13)21-15/h11,14H,6-10,12H2,1-5H3. The first-order chi connectivity index (χ1) is 10.3. The normalized spacial score (nSPS) is 19.2. The van der Waals surface area contributed by atoms with Crippen LogP contribution >= 0.6 is 7.60 Å². The van der Waals surface area contributed by atoms with Crippen LogP contribution in [-0.4, -0.2) is 13.2 Å². The third-order valence-corrected chi connectivity index (χ3v) is 6.36. The van der Waals surface area contributed by atoms with Crippen LogP contribution in [0.1, 0.15) is 58.1 Å².